The number of cyclic esters (lactones) is 1. The van der Waals surface area contributed by atoms with E-state index in [1.54, 1.807) is 6.92 Å². The molecule has 120 valence electrons. The van der Waals surface area contributed by atoms with Gasteiger partial charge in [0.1, 0.15) is 18.0 Å². The van der Waals surface area contributed by atoms with Crippen molar-refractivity contribution in [1.82, 2.24) is 0 Å². The summed E-state index contributed by atoms with van der Waals surface area (Å²) in [4.78, 5) is 38.4. The monoisotopic (exact) mass is 306 g/mol. The largest absolute Gasteiger partial charge is 0.464 e. The summed E-state index contributed by atoms with van der Waals surface area (Å²) in [6, 6.07) is 0. The lowest BCUT2D eigenvalue weighted by Gasteiger charge is -2.64. The number of ketones is 2. The van der Waals surface area contributed by atoms with Gasteiger partial charge in [0.25, 0.3) is 0 Å². The van der Waals surface area contributed by atoms with Crippen LogP contribution in [0.4, 0.5) is 0 Å². The van der Waals surface area contributed by atoms with Crippen molar-refractivity contribution in [2.24, 2.45) is 22.7 Å². The molecule has 22 heavy (non-hydrogen) atoms. The van der Waals surface area contributed by atoms with E-state index < -0.39 is 22.3 Å². The first-order valence-corrected chi connectivity index (χ1v) is 8.33. The molecule has 0 amide bonds. The van der Waals surface area contributed by atoms with E-state index in [4.69, 9.17) is 4.74 Å². The first-order valence-electron chi connectivity index (χ1n) is 8.33. The molecule has 4 aliphatic carbocycles. The Morgan fingerprint density at radius 1 is 1.18 bits per heavy atom. The van der Waals surface area contributed by atoms with E-state index in [0.717, 1.165) is 12.8 Å². The number of hydrogen-bond acceptors (Lipinski definition) is 5. The van der Waals surface area contributed by atoms with Gasteiger partial charge in [-0.1, -0.05) is 6.42 Å². The minimum Gasteiger partial charge on any atom is -0.464 e. The van der Waals surface area contributed by atoms with Crippen molar-refractivity contribution in [1.29, 1.82) is 0 Å². The molecule has 1 saturated heterocycles. The summed E-state index contributed by atoms with van der Waals surface area (Å²) in [6.45, 7) is 1.59. The fourth-order valence-electron chi connectivity index (χ4n) is 5.83. The Morgan fingerprint density at radius 3 is 2.68 bits per heavy atom. The number of esters is 1. The maximum atomic E-state index is 13.2. The van der Waals surface area contributed by atoms with E-state index in [9.17, 15) is 19.5 Å². The van der Waals surface area contributed by atoms with Crippen molar-refractivity contribution < 1.29 is 24.2 Å². The second-order valence-corrected chi connectivity index (χ2v) is 7.79. The van der Waals surface area contributed by atoms with Crippen molar-refractivity contribution in [3.63, 3.8) is 0 Å². The van der Waals surface area contributed by atoms with Crippen LogP contribution in [0.3, 0.4) is 0 Å². The van der Waals surface area contributed by atoms with Crippen LogP contribution in [0.2, 0.25) is 0 Å². The predicted octanol–water partition coefficient (Wildman–Crippen LogP) is 1.41. The van der Waals surface area contributed by atoms with Crippen LogP contribution < -0.4 is 0 Å². The number of rotatable bonds is 0. The molecule has 1 unspecified atom stereocenters. The highest BCUT2D eigenvalue weighted by atomic mass is 16.5. The summed E-state index contributed by atoms with van der Waals surface area (Å²) in [7, 11) is 0. The fourth-order valence-corrected chi connectivity index (χ4v) is 5.83. The Labute approximate surface area is 129 Å². The number of fused-ring (bicyclic) bond motifs is 2. The highest BCUT2D eigenvalue weighted by Crippen LogP contribution is 2.67. The number of Topliss-reactive ketones (excluding diaryl/α,β-unsaturated/α-hetero) is 2. The normalized spacial score (nSPS) is 50.9. The van der Waals surface area contributed by atoms with Gasteiger partial charge in [0.15, 0.2) is 5.78 Å². The number of aliphatic hydroxyl groups is 1. The van der Waals surface area contributed by atoms with E-state index in [2.05, 4.69) is 0 Å². The molecule has 0 aromatic carbocycles. The number of ether oxygens (including phenoxy) is 1. The Morgan fingerprint density at radius 2 is 1.95 bits per heavy atom. The fraction of sp³-hybridized carbons (Fsp3) is 0.824. The standard InChI is InChI=1S/C17H22O5/c1-15(21)10-5-7-17(14(15)20)11(8-10)13(19)22-9-16(17)6-3-2-4-12(16)18/h10-11,21H,2-9H2,1H3/t10-,11?,15-,16+,17-/m1/s1. The van der Waals surface area contributed by atoms with Crippen LogP contribution in [0.5, 0.6) is 0 Å². The van der Waals surface area contributed by atoms with Gasteiger partial charge in [0.05, 0.1) is 16.7 Å². The molecule has 5 fully saturated rings. The van der Waals surface area contributed by atoms with Crippen LogP contribution in [0.1, 0.15) is 51.9 Å². The molecule has 0 aromatic heterocycles. The van der Waals surface area contributed by atoms with Gasteiger partial charge < -0.3 is 9.84 Å². The van der Waals surface area contributed by atoms with Crippen LogP contribution in [-0.4, -0.2) is 34.9 Å². The van der Waals surface area contributed by atoms with E-state index in [1.165, 1.54) is 0 Å². The molecule has 5 heteroatoms. The lowest BCUT2D eigenvalue weighted by atomic mass is 9.39. The van der Waals surface area contributed by atoms with Crippen molar-refractivity contribution in [2.75, 3.05) is 6.61 Å². The molecule has 5 nitrogen and oxygen atoms in total. The zero-order valence-electron chi connectivity index (χ0n) is 12.9. The maximum absolute atomic E-state index is 13.2. The van der Waals surface area contributed by atoms with Crippen molar-refractivity contribution in [2.45, 2.75) is 57.5 Å². The molecular weight excluding hydrogens is 284 g/mol. The van der Waals surface area contributed by atoms with Gasteiger partial charge in [0, 0.05) is 6.42 Å². The number of hydrogen-bond donors (Lipinski definition) is 1. The Kier molecular flexibility index (Phi) is 2.74. The molecule has 1 N–H and O–H groups in total. The zero-order chi connectivity index (χ0) is 15.8. The van der Waals surface area contributed by atoms with Gasteiger partial charge >= 0.3 is 5.97 Å². The topological polar surface area (TPSA) is 80.7 Å². The highest BCUT2D eigenvalue weighted by molar-refractivity contribution is 6.05. The highest BCUT2D eigenvalue weighted by Gasteiger charge is 2.75. The lowest BCUT2D eigenvalue weighted by molar-refractivity contribution is -0.231. The van der Waals surface area contributed by atoms with Gasteiger partial charge in [-0.05, 0) is 44.9 Å². The third kappa shape index (κ3) is 1.37. The SMILES string of the molecule is C[C@]1(O)C(=O)[C@@]23CC[C@@H]1CC2C(=O)OC[C@]31CCCCC1=O. The van der Waals surface area contributed by atoms with Crippen LogP contribution in [0.25, 0.3) is 0 Å². The Hall–Kier alpha value is -1.23. The quantitative estimate of drug-likeness (QED) is 0.684. The summed E-state index contributed by atoms with van der Waals surface area (Å²) in [5.41, 5.74) is -3.34. The average molecular weight is 306 g/mol. The van der Waals surface area contributed by atoms with Crippen LogP contribution in [-0.2, 0) is 19.1 Å². The van der Waals surface area contributed by atoms with E-state index >= 15 is 0 Å². The van der Waals surface area contributed by atoms with Gasteiger partial charge in [0.2, 0.25) is 0 Å². The average Bonchev–Trinajstić information content (AvgIpc) is 2.50. The maximum Gasteiger partial charge on any atom is 0.310 e. The lowest BCUT2D eigenvalue weighted by Crippen LogP contribution is -2.74. The van der Waals surface area contributed by atoms with Crippen LogP contribution >= 0.6 is 0 Å². The third-order valence-electron chi connectivity index (χ3n) is 7.05. The van der Waals surface area contributed by atoms with Gasteiger partial charge in [-0.3, -0.25) is 14.4 Å². The predicted molar refractivity (Wildman–Crippen MR) is 75.8 cm³/mol. The third-order valence-corrected chi connectivity index (χ3v) is 7.05. The minimum absolute atomic E-state index is 0.0215. The molecule has 5 rings (SSSR count). The summed E-state index contributed by atoms with van der Waals surface area (Å²) >= 11 is 0. The molecular formula is C17H22O5. The molecule has 4 saturated carbocycles. The first kappa shape index (κ1) is 14.4. The van der Waals surface area contributed by atoms with Crippen molar-refractivity contribution >= 4 is 17.5 Å². The first-order chi connectivity index (χ1) is 10.4. The van der Waals surface area contributed by atoms with Crippen molar-refractivity contribution in [3.05, 3.63) is 0 Å². The van der Waals surface area contributed by atoms with Crippen LogP contribution in [0, 0.1) is 22.7 Å². The van der Waals surface area contributed by atoms with E-state index in [0.29, 0.717) is 32.1 Å². The molecule has 1 aliphatic heterocycles. The smallest absolute Gasteiger partial charge is 0.310 e. The molecule has 1 heterocycles. The Balaban J connectivity index is 1.92. The van der Waals surface area contributed by atoms with Gasteiger partial charge in [-0.15, -0.1) is 0 Å². The van der Waals surface area contributed by atoms with E-state index in [-0.39, 0.29) is 30.1 Å². The minimum atomic E-state index is -1.42. The molecule has 2 bridgehead atoms. The van der Waals surface area contributed by atoms with E-state index in [1.807, 2.05) is 0 Å². The number of carbonyl (C=O) groups is 3. The Bertz CT molecular complexity index is 580. The second-order valence-electron chi connectivity index (χ2n) is 7.79. The zero-order valence-corrected chi connectivity index (χ0v) is 12.9. The second kappa shape index (κ2) is 4.19. The summed E-state index contributed by atoms with van der Waals surface area (Å²) in [5.74, 6) is -1.32. The molecule has 0 aromatic rings. The summed E-state index contributed by atoms with van der Waals surface area (Å²) < 4.78 is 5.38. The summed E-state index contributed by atoms with van der Waals surface area (Å²) in [6.07, 6.45) is 4.47. The summed E-state index contributed by atoms with van der Waals surface area (Å²) in [5, 5.41) is 10.7. The number of carbonyl (C=O) groups excluding carboxylic acids is 3. The molecule has 5 aliphatic rings. The molecule has 5 atom stereocenters. The van der Waals surface area contributed by atoms with Gasteiger partial charge in [-0.2, -0.15) is 0 Å². The molecule has 0 radical (unpaired) electrons. The van der Waals surface area contributed by atoms with Crippen molar-refractivity contribution in [3.8, 4) is 0 Å². The van der Waals surface area contributed by atoms with Gasteiger partial charge in [-0.25, -0.2) is 0 Å². The van der Waals surface area contributed by atoms with Crippen LogP contribution in [0.15, 0.2) is 0 Å². The molecule has 2 spiro atoms.